The second-order valence-electron chi connectivity index (χ2n) is 6.81. The third-order valence-electron chi connectivity index (χ3n) is 4.37. The Morgan fingerprint density at radius 2 is 0.941 bits per heavy atom. The van der Waals surface area contributed by atoms with Gasteiger partial charge in [-0.15, -0.1) is 0 Å². The highest BCUT2D eigenvalue weighted by atomic mass is 35.5. The van der Waals surface area contributed by atoms with Crippen molar-refractivity contribution in [1.82, 2.24) is 0 Å². The Balaban J connectivity index is 1.85. The zero-order chi connectivity index (χ0) is 24.8. The Labute approximate surface area is 205 Å². The van der Waals surface area contributed by atoms with Crippen molar-refractivity contribution in [3.05, 3.63) is 36.4 Å². The molecule has 184 valence electrons. The number of ether oxygens (including phenoxy) is 4. The van der Waals surface area contributed by atoms with Crippen molar-refractivity contribution in [2.45, 2.75) is 25.7 Å². The molecule has 0 fully saturated rings. The smallest absolute Gasteiger partial charge is 0.411 e. The highest BCUT2D eigenvalue weighted by Crippen LogP contribution is 2.29. The van der Waals surface area contributed by atoms with Crippen molar-refractivity contribution < 1.29 is 38.1 Å². The Hall–Kier alpha value is -3.24. The summed E-state index contributed by atoms with van der Waals surface area (Å²) in [5, 5.41) is 6.74. The number of hydrogen-bond donors (Lipinski definition) is 2. The van der Waals surface area contributed by atoms with E-state index in [1.54, 1.807) is 36.4 Å². The maximum atomic E-state index is 12.1. The fourth-order valence-electron chi connectivity index (χ4n) is 2.86. The largest absolute Gasteiger partial charge is 0.454 e. The first-order valence-corrected chi connectivity index (χ1v) is 11.2. The Morgan fingerprint density at radius 3 is 1.29 bits per heavy atom. The molecule has 34 heavy (non-hydrogen) atoms. The van der Waals surface area contributed by atoms with Gasteiger partial charge in [0.05, 0.1) is 37.8 Å². The van der Waals surface area contributed by atoms with Crippen molar-refractivity contribution in [2.24, 2.45) is 0 Å². The molecule has 0 unspecified atom stereocenters. The van der Waals surface area contributed by atoms with E-state index in [0.29, 0.717) is 47.8 Å². The van der Waals surface area contributed by atoms with Crippen LogP contribution in [0.15, 0.2) is 36.4 Å². The van der Waals surface area contributed by atoms with E-state index in [0.717, 1.165) is 0 Å². The number of rotatable bonds is 12. The summed E-state index contributed by atoms with van der Waals surface area (Å²) in [4.78, 5) is 45.2. The summed E-state index contributed by atoms with van der Waals surface area (Å²) in [6, 6.07) is 10.5. The standard InChI is InChI=1S/C22H24Cl2N2O8/c23-19(27)31-11-1-3-13-33-21(29)25-17-9-5-8-16-15(17)7-6-10-18(16)26-22(30)34-14-4-2-12-32-20(24)28/h5-10H,1-4,11-14H2,(H,25,29)(H,26,30). The average Bonchev–Trinajstić information content (AvgIpc) is 2.78. The molecule has 2 N–H and O–H groups in total. The molecule has 0 aliphatic heterocycles. The first kappa shape index (κ1) is 27.0. The number of halogens is 2. The molecule has 10 nitrogen and oxygen atoms in total. The van der Waals surface area contributed by atoms with Crippen LogP contribution in [-0.2, 0) is 18.9 Å². The van der Waals surface area contributed by atoms with Crippen LogP contribution in [0.3, 0.4) is 0 Å². The van der Waals surface area contributed by atoms with Crippen molar-refractivity contribution in [3.63, 3.8) is 0 Å². The molecule has 0 saturated heterocycles. The summed E-state index contributed by atoms with van der Waals surface area (Å²) >= 11 is 10.1. The maximum absolute atomic E-state index is 12.1. The number of anilines is 2. The highest BCUT2D eigenvalue weighted by Gasteiger charge is 2.11. The van der Waals surface area contributed by atoms with Crippen molar-refractivity contribution in [1.29, 1.82) is 0 Å². The van der Waals surface area contributed by atoms with E-state index in [-0.39, 0.29) is 26.4 Å². The number of nitrogens with one attached hydrogen (secondary N) is 2. The normalized spacial score (nSPS) is 10.3. The number of amides is 2. The van der Waals surface area contributed by atoms with Gasteiger partial charge in [0.15, 0.2) is 0 Å². The summed E-state index contributed by atoms with van der Waals surface area (Å²) in [6.07, 6.45) is 0.735. The predicted octanol–water partition coefficient (Wildman–Crippen LogP) is 6.25. The van der Waals surface area contributed by atoms with Gasteiger partial charge in [-0.05, 0) is 37.8 Å². The molecule has 0 saturated carbocycles. The van der Waals surface area contributed by atoms with Gasteiger partial charge in [0.2, 0.25) is 0 Å². The van der Waals surface area contributed by atoms with E-state index >= 15 is 0 Å². The van der Waals surface area contributed by atoms with E-state index < -0.39 is 23.0 Å². The molecule has 0 atom stereocenters. The lowest BCUT2D eigenvalue weighted by atomic mass is 10.1. The molecule has 0 aromatic heterocycles. The van der Waals surface area contributed by atoms with E-state index in [9.17, 15) is 19.2 Å². The number of carbonyl (C=O) groups is 4. The molecule has 2 amide bonds. The molecule has 0 aliphatic carbocycles. The zero-order valence-electron chi connectivity index (χ0n) is 18.1. The first-order chi connectivity index (χ1) is 16.4. The second kappa shape index (κ2) is 14.8. The predicted molar refractivity (Wildman–Crippen MR) is 127 cm³/mol. The van der Waals surface area contributed by atoms with E-state index in [4.69, 9.17) is 32.7 Å². The molecule has 0 bridgehead atoms. The highest BCUT2D eigenvalue weighted by molar-refractivity contribution is 6.61. The monoisotopic (exact) mass is 514 g/mol. The van der Waals surface area contributed by atoms with Crippen molar-refractivity contribution in [2.75, 3.05) is 37.1 Å². The molecule has 0 spiro atoms. The van der Waals surface area contributed by atoms with Gasteiger partial charge in [-0.25, -0.2) is 19.2 Å². The minimum atomic E-state index is -0.872. The molecular weight excluding hydrogens is 491 g/mol. The third-order valence-corrected chi connectivity index (χ3v) is 4.59. The van der Waals surface area contributed by atoms with Crippen molar-refractivity contribution in [3.8, 4) is 0 Å². The fourth-order valence-corrected chi connectivity index (χ4v) is 3.02. The van der Waals surface area contributed by atoms with Gasteiger partial charge in [-0.1, -0.05) is 24.3 Å². The lowest BCUT2D eigenvalue weighted by molar-refractivity contribution is 0.148. The summed E-state index contributed by atoms with van der Waals surface area (Å²) in [5.41, 5.74) is -0.735. The third kappa shape index (κ3) is 10.1. The number of hydrogen-bond acceptors (Lipinski definition) is 8. The van der Waals surface area contributed by atoms with Crippen LogP contribution in [0.2, 0.25) is 0 Å². The van der Waals surface area contributed by atoms with E-state index in [1.165, 1.54) is 0 Å². The number of benzene rings is 2. The minimum absolute atomic E-state index is 0.142. The molecule has 2 rings (SSSR count). The van der Waals surface area contributed by atoms with Crippen LogP contribution in [0.25, 0.3) is 10.8 Å². The first-order valence-electron chi connectivity index (χ1n) is 10.4. The van der Waals surface area contributed by atoms with Gasteiger partial charge in [-0.3, -0.25) is 10.6 Å². The molecule has 12 heteroatoms. The Morgan fingerprint density at radius 1 is 0.588 bits per heavy atom. The van der Waals surface area contributed by atoms with Crippen LogP contribution in [0.4, 0.5) is 30.6 Å². The number of unbranched alkanes of at least 4 members (excludes halogenated alkanes) is 2. The van der Waals surface area contributed by atoms with Gasteiger partial charge in [-0.2, -0.15) is 0 Å². The average molecular weight is 515 g/mol. The fraction of sp³-hybridized carbons (Fsp3) is 0.364. The van der Waals surface area contributed by atoms with Crippen LogP contribution in [0.1, 0.15) is 25.7 Å². The lowest BCUT2D eigenvalue weighted by Gasteiger charge is -2.13. The Bertz CT molecular complexity index is 923. The maximum Gasteiger partial charge on any atom is 0.411 e. The quantitative estimate of drug-likeness (QED) is 0.193. The molecular formula is C22H24Cl2N2O8. The van der Waals surface area contributed by atoms with Gasteiger partial charge in [0.25, 0.3) is 0 Å². The van der Waals surface area contributed by atoms with E-state index in [1.807, 2.05) is 0 Å². The van der Waals surface area contributed by atoms with Crippen LogP contribution >= 0.6 is 23.2 Å². The van der Waals surface area contributed by atoms with E-state index in [2.05, 4.69) is 20.1 Å². The van der Waals surface area contributed by atoms with Crippen LogP contribution in [-0.4, -0.2) is 49.5 Å². The van der Waals surface area contributed by atoms with Crippen molar-refractivity contribution >= 4 is 68.4 Å². The van der Waals surface area contributed by atoms with Gasteiger partial charge in [0, 0.05) is 34.0 Å². The minimum Gasteiger partial charge on any atom is -0.454 e. The van der Waals surface area contributed by atoms with Crippen LogP contribution in [0, 0.1) is 0 Å². The van der Waals surface area contributed by atoms with Gasteiger partial charge in [0.1, 0.15) is 0 Å². The summed E-state index contributed by atoms with van der Waals surface area (Å²) in [5.74, 6) is 0. The molecule has 0 heterocycles. The van der Waals surface area contributed by atoms with Gasteiger partial charge >= 0.3 is 23.0 Å². The molecule has 2 aromatic carbocycles. The summed E-state index contributed by atoms with van der Waals surface area (Å²) in [7, 11) is 0. The molecule has 2 aromatic rings. The van der Waals surface area contributed by atoms with Crippen LogP contribution < -0.4 is 10.6 Å². The van der Waals surface area contributed by atoms with Gasteiger partial charge < -0.3 is 18.9 Å². The summed E-state index contributed by atoms with van der Waals surface area (Å²) in [6.45, 7) is 0.587. The topological polar surface area (TPSA) is 129 Å². The molecule has 0 aliphatic rings. The second-order valence-corrected chi connectivity index (χ2v) is 7.43. The van der Waals surface area contributed by atoms with Crippen LogP contribution in [0.5, 0.6) is 0 Å². The SMILES string of the molecule is O=C(Cl)OCCCCOC(=O)Nc1cccc2c(NC(=O)OCCCCOC(=O)Cl)cccc12. The molecule has 0 radical (unpaired) electrons. The lowest BCUT2D eigenvalue weighted by Crippen LogP contribution is -2.16. The zero-order valence-corrected chi connectivity index (χ0v) is 19.7. The number of fused-ring (bicyclic) bond motifs is 1. The summed E-state index contributed by atoms with van der Waals surface area (Å²) < 4.78 is 19.4. The Kier molecular flexibility index (Phi) is 11.8. The number of carbonyl (C=O) groups excluding carboxylic acids is 4.